The van der Waals surface area contributed by atoms with Crippen LogP contribution in [0.15, 0.2) is 194 Å². The number of hydrogen-bond acceptors (Lipinski definition) is 4. The Balaban J connectivity index is 1.19. The molecule has 0 aliphatic carbocycles. The molecule has 10 aromatic rings. The summed E-state index contributed by atoms with van der Waals surface area (Å²) < 4.78 is 9.25. The summed E-state index contributed by atoms with van der Waals surface area (Å²) >= 11 is 0. The van der Waals surface area contributed by atoms with Crippen molar-refractivity contribution in [2.45, 2.75) is 5.41 Å². The Kier molecular flexibility index (Phi) is 6.48. The molecule has 262 valence electrons. The molecule has 0 atom stereocenters. The van der Waals surface area contributed by atoms with Gasteiger partial charge in [-0.2, -0.15) is 0 Å². The van der Waals surface area contributed by atoms with Crippen molar-refractivity contribution in [3.05, 3.63) is 216 Å². The fraction of sp³-hybridized carbons (Fsp3) is 0.0196. The number of aromatic nitrogens is 3. The molecule has 1 spiro atoms. The first-order valence-electron chi connectivity index (χ1n) is 19.0. The van der Waals surface area contributed by atoms with Gasteiger partial charge in [0.15, 0.2) is 0 Å². The van der Waals surface area contributed by atoms with E-state index in [-0.39, 0.29) is 0 Å². The molecule has 12 rings (SSSR count). The second-order valence-electron chi connectivity index (χ2n) is 14.5. The van der Waals surface area contributed by atoms with Gasteiger partial charge in [-0.3, -0.25) is 4.57 Å². The van der Waals surface area contributed by atoms with E-state index in [9.17, 15) is 0 Å². The molecule has 0 unspecified atom stereocenters. The van der Waals surface area contributed by atoms with Gasteiger partial charge in [-0.05, 0) is 59.7 Å². The maximum atomic E-state index is 7.04. The Labute approximate surface area is 323 Å². The van der Waals surface area contributed by atoms with Crippen LogP contribution >= 0.6 is 0 Å². The van der Waals surface area contributed by atoms with Crippen LogP contribution in [0.1, 0.15) is 22.3 Å². The van der Waals surface area contributed by atoms with Gasteiger partial charge in [0.2, 0.25) is 5.95 Å². The third-order valence-corrected chi connectivity index (χ3v) is 11.6. The SMILES string of the molecule is c1ccc(-c2nc(-n3c4ccccc4c4cc5c(cc43)Oc3ccccc3C53c4ccccc4N(c4ccccc4)c4ccccc43)nc3ccccc23)cc1. The minimum atomic E-state index is -0.681. The molecule has 4 heterocycles. The molecular formula is C51H32N4O. The van der Waals surface area contributed by atoms with Gasteiger partial charge in [0.05, 0.1) is 39.0 Å². The van der Waals surface area contributed by atoms with Crippen LogP contribution in [0.25, 0.3) is 49.9 Å². The first-order chi connectivity index (χ1) is 27.8. The van der Waals surface area contributed by atoms with Gasteiger partial charge in [-0.15, -0.1) is 0 Å². The van der Waals surface area contributed by atoms with Gasteiger partial charge >= 0.3 is 0 Å². The normalized spacial score (nSPS) is 13.6. The Hall–Kier alpha value is -7.50. The molecule has 2 aromatic heterocycles. The molecule has 2 aliphatic rings. The smallest absolute Gasteiger partial charge is 0.235 e. The van der Waals surface area contributed by atoms with E-state index in [4.69, 9.17) is 14.7 Å². The first-order valence-corrected chi connectivity index (χ1v) is 19.0. The Bertz CT molecular complexity index is 3140. The first kappa shape index (κ1) is 30.9. The van der Waals surface area contributed by atoms with Crippen LogP contribution < -0.4 is 9.64 Å². The molecule has 0 saturated carbocycles. The molecule has 0 saturated heterocycles. The molecule has 0 N–H and O–H groups in total. The Morgan fingerprint density at radius 3 is 1.80 bits per heavy atom. The standard InChI is InChI=1S/C51H32N4O/c1-3-17-33(18-4-1)49-36-22-7-12-26-42(36)52-50(53-49)55-43-27-13-8-21-35(43)37-31-41-48(32-46(37)55)56-47-30-16-11-25-40(47)51(41)38-23-9-14-28-44(38)54(34-19-5-2-6-20-34)45-29-15-10-24-39(45)51/h1-32H. The second kappa shape index (κ2) is 11.7. The second-order valence-corrected chi connectivity index (χ2v) is 14.5. The van der Waals surface area contributed by atoms with Crippen molar-refractivity contribution in [3.8, 4) is 28.7 Å². The van der Waals surface area contributed by atoms with Crippen LogP contribution in [0.3, 0.4) is 0 Å². The monoisotopic (exact) mass is 716 g/mol. The lowest BCUT2D eigenvalue weighted by atomic mass is 9.61. The van der Waals surface area contributed by atoms with E-state index in [1.807, 2.05) is 12.1 Å². The highest BCUT2D eigenvalue weighted by molar-refractivity contribution is 6.10. The quantitative estimate of drug-likeness (QED) is 0.183. The van der Waals surface area contributed by atoms with Gasteiger partial charge < -0.3 is 9.64 Å². The van der Waals surface area contributed by atoms with Crippen molar-refractivity contribution in [2.24, 2.45) is 0 Å². The topological polar surface area (TPSA) is 43.2 Å². The van der Waals surface area contributed by atoms with E-state index in [2.05, 4.69) is 191 Å². The van der Waals surface area contributed by atoms with Gasteiger partial charge in [-0.25, -0.2) is 9.97 Å². The van der Waals surface area contributed by atoms with E-state index in [0.717, 1.165) is 83.7 Å². The minimum absolute atomic E-state index is 0.617. The van der Waals surface area contributed by atoms with E-state index < -0.39 is 5.41 Å². The van der Waals surface area contributed by atoms with Crippen molar-refractivity contribution in [3.63, 3.8) is 0 Å². The maximum Gasteiger partial charge on any atom is 0.235 e. The highest BCUT2D eigenvalue weighted by atomic mass is 16.5. The average molecular weight is 717 g/mol. The number of nitrogens with zero attached hydrogens (tertiary/aromatic N) is 4. The number of ether oxygens (including phenoxy) is 1. The van der Waals surface area contributed by atoms with Crippen LogP contribution in [0.5, 0.6) is 11.5 Å². The lowest BCUT2D eigenvalue weighted by molar-refractivity contribution is 0.435. The number of hydrogen-bond donors (Lipinski definition) is 0. The van der Waals surface area contributed by atoms with E-state index in [0.29, 0.717) is 5.95 Å². The molecule has 2 aliphatic heterocycles. The number of anilines is 3. The zero-order valence-corrected chi connectivity index (χ0v) is 30.2. The minimum Gasteiger partial charge on any atom is -0.457 e. The van der Waals surface area contributed by atoms with Crippen LogP contribution in [-0.2, 0) is 5.41 Å². The molecule has 8 aromatic carbocycles. The fourth-order valence-corrected chi connectivity index (χ4v) is 9.38. The molecule has 0 bridgehead atoms. The number of para-hydroxylation sites is 6. The average Bonchev–Trinajstić information content (AvgIpc) is 3.59. The van der Waals surface area contributed by atoms with Crippen molar-refractivity contribution < 1.29 is 4.74 Å². The third-order valence-electron chi connectivity index (χ3n) is 11.6. The summed E-state index contributed by atoms with van der Waals surface area (Å²) in [5, 5.41) is 3.25. The lowest BCUT2D eigenvalue weighted by Gasteiger charge is -2.48. The molecular weight excluding hydrogens is 685 g/mol. The highest BCUT2D eigenvalue weighted by Gasteiger charge is 2.51. The van der Waals surface area contributed by atoms with Crippen LogP contribution in [-0.4, -0.2) is 14.5 Å². The summed E-state index contributed by atoms with van der Waals surface area (Å²) in [5.41, 5.74) is 12.2. The summed E-state index contributed by atoms with van der Waals surface area (Å²) in [6.07, 6.45) is 0. The molecule has 0 radical (unpaired) electrons. The third kappa shape index (κ3) is 4.19. The number of benzene rings is 8. The van der Waals surface area contributed by atoms with E-state index in [1.165, 1.54) is 11.1 Å². The zero-order chi connectivity index (χ0) is 36.8. The van der Waals surface area contributed by atoms with Crippen LogP contribution in [0.2, 0.25) is 0 Å². The zero-order valence-electron chi connectivity index (χ0n) is 30.2. The lowest BCUT2D eigenvalue weighted by Crippen LogP contribution is -2.39. The molecule has 0 amide bonds. The van der Waals surface area contributed by atoms with Gasteiger partial charge in [-0.1, -0.05) is 140 Å². The largest absolute Gasteiger partial charge is 0.457 e. The molecule has 0 fully saturated rings. The van der Waals surface area contributed by atoms with Gasteiger partial charge in [0.1, 0.15) is 11.5 Å². The highest BCUT2D eigenvalue weighted by Crippen LogP contribution is 2.63. The van der Waals surface area contributed by atoms with Crippen molar-refractivity contribution in [1.29, 1.82) is 0 Å². The van der Waals surface area contributed by atoms with Crippen molar-refractivity contribution in [1.82, 2.24) is 14.5 Å². The number of fused-ring (bicyclic) bond motifs is 12. The van der Waals surface area contributed by atoms with Crippen molar-refractivity contribution in [2.75, 3.05) is 4.90 Å². The summed E-state index contributed by atoms with van der Waals surface area (Å²) in [6.45, 7) is 0. The number of rotatable bonds is 3. The van der Waals surface area contributed by atoms with Gasteiger partial charge in [0, 0.05) is 44.6 Å². The van der Waals surface area contributed by atoms with Crippen LogP contribution in [0.4, 0.5) is 17.1 Å². The van der Waals surface area contributed by atoms with Gasteiger partial charge in [0.25, 0.3) is 0 Å². The summed E-state index contributed by atoms with van der Waals surface area (Å²) in [5.74, 6) is 2.27. The fourth-order valence-electron chi connectivity index (χ4n) is 9.38. The Morgan fingerprint density at radius 1 is 0.429 bits per heavy atom. The van der Waals surface area contributed by atoms with Crippen LogP contribution in [0, 0.1) is 0 Å². The maximum absolute atomic E-state index is 7.04. The molecule has 56 heavy (non-hydrogen) atoms. The summed E-state index contributed by atoms with van der Waals surface area (Å²) in [7, 11) is 0. The summed E-state index contributed by atoms with van der Waals surface area (Å²) in [6, 6.07) is 68.8. The summed E-state index contributed by atoms with van der Waals surface area (Å²) in [4.78, 5) is 13.0. The van der Waals surface area contributed by atoms with Crippen molar-refractivity contribution >= 4 is 49.8 Å². The predicted octanol–water partition coefficient (Wildman–Crippen LogP) is 12.7. The van der Waals surface area contributed by atoms with E-state index in [1.54, 1.807) is 0 Å². The van der Waals surface area contributed by atoms with E-state index >= 15 is 0 Å². The molecule has 5 heteroatoms. The predicted molar refractivity (Wildman–Crippen MR) is 226 cm³/mol. The Morgan fingerprint density at radius 2 is 1.04 bits per heavy atom. The molecule has 5 nitrogen and oxygen atoms in total.